The number of rotatable bonds is 7. The van der Waals surface area contributed by atoms with Gasteiger partial charge in [0.25, 0.3) is 11.6 Å². The lowest BCUT2D eigenvalue weighted by atomic mass is 10.2. The molecule has 0 aromatic heterocycles. The number of sulfonamides is 1. The summed E-state index contributed by atoms with van der Waals surface area (Å²) in [6.45, 7) is 3.32. The molecule has 0 spiro atoms. The molecule has 0 aliphatic carbocycles. The first-order chi connectivity index (χ1) is 15.2. The number of carbonyl (C=O) groups is 1. The first kappa shape index (κ1) is 23.8. The van der Waals surface area contributed by atoms with E-state index in [4.69, 9.17) is 11.6 Å². The van der Waals surface area contributed by atoms with Gasteiger partial charge in [-0.1, -0.05) is 35.4 Å². The lowest BCUT2D eigenvalue weighted by Crippen LogP contribution is -2.50. The molecule has 3 rings (SSSR count). The van der Waals surface area contributed by atoms with Crippen LogP contribution in [0.5, 0.6) is 0 Å². The van der Waals surface area contributed by atoms with Crippen LogP contribution in [0.1, 0.15) is 11.1 Å². The summed E-state index contributed by atoms with van der Waals surface area (Å²) in [6.07, 6.45) is 1.29. The Balaban J connectivity index is 1.49. The van der Waals surface area contributed by atoms with Crippen molar-refractivity contribution in [1.29, 1.82) is 0 Å². The lowest BCUT2D eigenvalue weighted by molar-refractivity contribution is -0.384. The van der Waals surface area contributed by atoms with Gasteiger partial charge in [0, 0.05) is 37.8 Å². The predicted molar refractivity (Wildman–Crippen MR) is 120 cm³/mol. The third-order valence-corrected chi connectivity index (χ3v) is 7.16. The molecule has 1 saturated heterocycles. The van der Waals surface area contributed by atoms with Gasteiger partial charge in [0.2, 0.25) is 10.0 Å². The van der Waals surface area contributed by atoms with Crippen molar-refractivity contribution in [1.82, 2.24) is 14.6 Å². The van der Waals surface area contributed by atoms with Crippen LogP contribution in [-0.2, 0) is 14.8 Å². The minimum atomic E-state index is -3.56. The third-order valence-electron chi connectivity index (χ3n) is 4.93. The second kappa shape index (κ2) is 10.2. The van der Waals surface area contributed by atoms with Crippen molar-refractivity contribution in [2.75, 3.05) is 32.7 Å². The highest BCUT2D eigenvalue weighted by Gasteiger charge is 2.28. The zero-order valence-corrected chi connectivity index (χ0v) is 18.8. The topological polar surface area (TPSA) is 125 Å². The van der Waals surface area contributed by atoms with E-state index in [9.17, 15) is 23.3 Å². The zero-order chi connectivity index (χ0) is 23.3. The molecule has 170 valence electrons. The normalized spacial score (nSPS) is 15.7. The highest BCUT2D eigenvalue weighted by Crippen LogP contribution is 2.24. The summed E-state index contributed by atoms with van der Waals surface area (Å²) in [5, 5.41) is 14.7. The minimum Gasteiger partial charge on any atom is -0.292 e. The van der Waals surface area contributed by atoms with Crippen LogP contribution in [0.2, 0.25) is 5.02 Å². The number of nitro groups is 1. The fourth-order valence-corrected chi connectivity index (χ4v) is 4.76. The van der Waals surface area contributed by atoms with E-state index in [1.165, 1.54) is 22.7 Å². The average Bonchev–Trinajstić information content (AvgIpc) is 2.75. The highest BCUT2D eigenvalue weighted by molar-refractivity contribution is 7.89. The minimum absolute atomic E-state index is 0.0136. The number of nitro benzene ring substituents is 1. The van der Waals surface area contributed by atoms with Crippen molar-refractivity contribution in [3.63, 3.8) is 0 Å². The monoisotopic (exact) mass is 479 g/mol. The first-order valence-corrected chi connectivity index (χ1v) is 11.5. The molecule has 12 heteroatoms. The second-order valence-electron chi connectivity index (χ2n) is 7.25. The van der Waals surface area contributed by atoms with Crippen molar-refractivity contribution in [2.45, 2.75) is 11.8 Å². The van der Waals surface area contributed by atoms with E-state index in [-0.39, 0.29) is 41.1 Å². The first-order valence-electron chi connectivity index (χ1n) is 9.72. The van der Waals surface area contributed by atoms with E-state index in [1.54, 1.807) is 30.3 Å². The van der Waals surface area contributed by atoms with E-state index in [0.29, 0.717) is 18.7 Å². The number of amides is 1. The Labute approximate surface area is 190 Å². The molecule has 1 aliphatic rings. The summed E-state index contributed by atoms with van der Waals surface area (Å²) in [6, 6.07) is 10.9. The molecule has 0 radical (unpaired) electrons. The number of nitrogens with zero attached hydrogens (tertiary/aromatic N) is 4. The molecular weight excluding hydrogens is 458 g/mol. The van der Waals surface area contributed by atoms with Gasteiger partial charge in [0.1, 0.15) is 5.02 Å². The SMILES string of the molecule is Cc1ccc(S(=O)(=O)N2CCN(CC(=O)N/N=C/c3ccc(Cl)c([N+](=O)[O-])c3)CC2)cc1. The third kappa shape index (κ3) is 5.88. The van der Waals surface area contributed by atoms with Gasteiger partial charge in [-0.15, -0.1) is 0 Å². The molecule has 0 unspecified atom stereocenters. The van der Waals surface area contributed by atoms with Gasteiger partial charge in [-0.2, -0.15) is 9.41 Å². The number of carbonyl (C=O) groups excluding carboxylic acids is 1. The molecule has 2 aromatic carbocycles. The molecule has 1 fully saturated rings. The fraction of sp³-hybridized carbons (Fsp3) is 0.300. The largest absolute Gasteiger partial charge is 0.292 e. The van der Waals surface area contributed by atoms with Gasteiger partial charge < -0.3 is 0 Å². The number of piperazine rings is 1. The Hall–Kier alpha value is -2.86. The van der Waals surface area contributed by atoms with Crippen molar-refractivity contribution in [3.8, 4) is 0 Å². The number of hydrogen-bond acceptors (Lipinski definition) is 7. The molecule has 2 aromatic rings. The number of aryl methyl sites for hydroxylation is 1. The number of hydrogen-bond donors (Lipinski definition) is 1. The smallest absolute Gasteiger partial charge is 0.288 e. The molecule has 32 heavy (non-hydrogen) atoms. The van der Waals surface area contributed by atoms with Crippen molar-refractivity contribution < 1.29 is 18.1 Å². The fourth-order valence-electron chi connectivity index (χ4n) is 3.15. The van der Waals surface area contributed by atoms with Crippen LogP contribution in [-0.4, -0.2) is 67.4 Å². The highest BCUT2D eigenvalue weighted by atomic mass is 35.5. The molecule has 1 aliphatic heterocycles. The van der Waals surface area contributed by atoms with Crippen molar-refractivity contribution in [2.24, 2.45) is 5.10 Å². The number of benzene rings is 2. The van der Waals surface area contributed by atoms with E-state index < -0.39 is 14.9 Å². The van der Waals surface area contributed by atoms with Crippen molar-refractivity contribution >= 4 is 39.4 Å². The number of nitrogens with one attached hydrogen (secondary N) is 1. The van der Waals surface area contributed by atoms with Gasteiger partial charge in [0.05, 0.1) is 22.6 Å². The molecule has 1 heterocycles. The standard InChI is InChI=1S/C20H22ClN5O5S/c1-15-2-5-17(6-3-15)32(30,31)25-10-8-24(9-11-25)14-20(27)23-22-13-16-4-7-18(21)19(12-16)26(28)29/h2-7,12-13H,8-11,14H2,1H3,(H,23,27)/b22-13+. The van der Waals surface area contributed by atoms with Gasteiger partial charge in [0.15, 0.2) is 0 Å². The lowest BCUT2D eigenvalue weighted by Gasteiger charge is -2.33. The number of halogens is 1. The summed E-state index contributed by atoms with van der Waals surface area (Å²) < 4.78 is 26.9. The Bertz CT molecular complexity index is 1130. The van der Waals surface area contributed by atoms with Crippen LogP contribution in [0.15, 0.2) is 52.5 Å². The van der Waals surface area contributed by atoms with Crippen LogP contribution < -0.4 is 5.43 Å². The molecule has 0 atom stereocenters. The Morgan fingerprint density at radius 1 is 1.19 bits per heavy atom. The van der Waals surface area contributed by atoms with Gasteiger partial charge in [-0.05, 0) is 25.1 Å². The van der Waals surface area contributed by atoms with Crippen LogP contribution in [0.3, 0.4) is 0 Å². The molecule has 0 saturated carbocycles. The Kier molecular flexibility index (Phi) is 7.56. The van der Waals surface area contributed by atoms with E-state index >= 15 is 0 Å². The van der Waals surface area contributed by atoms with Crippen LogP contribution in [0.4, 0.5) is 5.69 Å². The van der Waals surface area contributed by atoms with Gasteiger partial charge in [-0.3, -0.25) is 19.8 Å². The predicted octanol–water partition coefficient (Wildman–Crippen LogP) is 2.01. The zero-order valence-electron chi connectivity index (χ0n) is 17.3. The quantitative estimate of drug-likeness (QED) is 0.368. The maximum absolute atomic E-state index is 12.7. The summed E-state index contributed by atoms with van der Waals surface area (Å²) in [5.74, 6) is -0.375. The molecule has 1 N–H and O–H groups in total. The summed E-state index contributed by atoms with van der Waals surface area (Å²) in [4.78, 5) is 24.5. The summed E-state index contributed by atoms with van der Waals surface area (Å²) >= 11 is 5.76. The van der Waals surface area contributed by atoms with Crippen LogP contribution in [0.25, 0.3) is 0 Å². The second-order valence-corrected chi connectivity index (χ2v) is 9.60. The maximum atomic E-state index is 12.7. The Morgan fingerprint density at radius 2 is 1.84 bits per heavy atom. The average molecular weight is 480 g/mol. The van der Waals surface area contributed by atoms with Gasteiger partial charge >= 0.3 is 0 Å². The molecule has 1 amide bonds. The number of hydrazone groups is 1. The van der Waals surface area contributed by atoms with Crippen molar-refractivity contribution in [3.05, 3.63) is 68.7 Å². The van der Waals surface area contributed by atoms with Crippen LogP contribution in [0, 0.1) is 17.0 Å². The van der Waals surface area contributed by atoms with Gasteiger partial charge in [-0.25, -0.2) is 13.8 Å². The van der Waals surface area contributed by atoms with E-state index in [0.717, 1.165) is 5.56 Å². The van der Waals surface area contributed by atoms with E-state index in [1.807, 2.05) is 11.8 Å². The molecule has 10 nitrogen and oxygen atoms in total. The molecule has 0 bridgehead atoms. The maximum Gasteiger partial charge on any atom is 0.288 e. The van der Waals surface area contributed by atoms with Crippen LogP contribution >= 0.6 is 11.6 Å². The Morgan fingerprint density at radius 3 is 2.47 bits per heavy atom. The molecular formula is C20H22ClN5O5S. The summed E-state index contributed by atoms with van der Waals surface area (Å²) in [5.41, 5.74) is 3.52. The van der Waals surface area contributed by atoms with E-state index in [2.05, 4.69) is 10.5 Å². The summed E-state index contributed by atoms with van der Waals surface area (Å²) in [7, 11) is -3.56.